The number of hydrogen-bond donors (Lipinski definition) is 3. The summed E-state index contributed by atoms with van der Waals surface area (Å²) in [4.78, 5) is 11.9. The number of aromatic hydroxyl groups is 1. The van der Waals surface area contributed by atoms with E-state index in [1.165, 1.54) is 6.07 Å². The SMILES string of the molecule is O=C(NCCCO)c1cc(Cl)c2ccccc2c1O. The summed E-state index contributed by atoms with van der Waals surface area (Å²) in [6.45, 7) is 0.351. The zero-order valence-corrected chi connectivity index (χ0v) is 10.9. The molecule has 0 unspecified atom stereocenters. The Labute approximate surface area is 115 Å². The summed E-state index contributed by atoms with van der Waals surface area (Å²) in [5, 5.41) is 23.1. The number of rotatable bonds is 4. The Morgan fingerprint density at radius 1 is 1.26 bits per heavy atom. The number of phenolic OH excluding ortho intramolecular Hbond substituents is 1. The van der Waals surface area contributed by atoms with Gasteiger partial charge in [0.1, 0.15) is 5.75 Å². The molecule has 0 fully saturated rings. The van der Waals surface area contributed by atoms with Crippen LogP contribution in [0.25, 0.3) is 10.8 Å². The molecule has 0 heterocycles. The minimum atomic E-state index is -0.404. The van der Waals surface area contributed by atoms with Crippen molar-refractivity contribution in [2.24, 2.45) is 0 Å². The van der Waals surface area contributed by atoms with Gasteiger partial charge in [0.05, 0.1) is 5.56 Å². The third kappa shape index (κ3) is 2.80. The van der Waals surface area contributed by atoms with E-state index in [1.54, 1.807) is 18.2 Å². The molecule has 2 rings (SSSR count). The number of halogens is 1. The summed E-state index contributed by atoms with van der Waals surface area (Å²) in [5.41, 5.74) is 0.140. The van der Waals surface area contributed by atoms with E-state index in [1.807, 2.05) is 6.07 Å². The minimum absolute atomic E-state index is 0.00470. The number of carbonyl (C=O) groups is 1. The second-order valence-corrected chi connectivity index (χ2v) is 4.54. The quantitative estimate of drug-likeness (QED) is 0.752. The first-order valence-electron chi connectivity index (χ1n) is 5.94. The fraction of sp³-hybridized carbons (Fsp3) is 0.214. The molecule has 4 nitrogen and oxygen atoms in total. The van der Waals surface area contributed by atoms with Crippen LogP contribution in [0.5, 0.6) is 5.75 Å². The van der Waals surface area contributed by atoms with Gasteiger partial charge in [0.15, 0.2) is 0 Å². The second-order valence-electron chi connectivity index (χ2n) is 4.13. The van der Waals surface area contributed by atoms with Gasteiger partial charge in [-0.1, -0.05) is 35.9 Å². The first-order valence-corrected chi connectivity index (χ1v) is 6.32. The smallest absolute Gasteiger partial charge is 0.255 e. The number of amides is 1. The molecular formula is C14H14ClNO3. The summed E-state index contributed by atoms with van der Waals surface area (Å²) in [6.07, 6.45) is 0.466. The third-order valence-corrected chi connectivity index (χ3v) is 3.14. The van der Waals surface area contributed by atoms with Crippen LogP contribution < -0.4 is 5.32 Å². The van der Waals surface area contributed by atoms with E-state index in [4.69, 9.17) is 16.7 Å². The number of carbonyl (C=O) groups excluding carboxylic acids is 1. The summed E-state index contributed by atoms with van der Waals surface area (Å²) >= 11 is 6.11. The molecule has 0 saturated carbocycles. The van der Waals surface area contributed by atoms with Crippen molar-refractivity contribution in [1.29, 1.82) is 0 Å². The average Bonchev–Trinajstić information content (AvgIpc) is 2.43. The lowest BCUT2D eigenvalue weighted by Gasteiger charge is -2.10. The topological polar surface area (TPSA) is 69.6 Å². The molecule has 100 valence electrons. The molecule has 5 heteroatoms. The molecule has 0 radical (unpaired) electrons. The molecule has 3 N–H and O–H groups in total. The number of aliphatic hydroxyl groups excluding tert-OH is 1. The largest absolute Gasteiger partial charge is 0.506 e. The van der Waals surface area contributed by atoms with Crippen molar-refractivity contribution in [2.45, 2.75) is 6.42 Å². The Bertz CT molecular complexity index is 613. The average molecular weight is 280 g/mol. The van der Waals surface area contributed by atoms with Crippen molar-refractivity contribution in [3.8, 4) is 5.75 Å². The molecule has 1 amide bonds. The predicted octanol–water partition coefficient (Wildman–Crippen LogP) is 2.31. The molecule has 0 aliphatic carbocycles. The molecule has 0 atom stereocenters. The Hall–Kier alpha value is -1.78. The zero-order valence-electron chi connectivity index (χ0n) is 10.2. The van der Waals surface area contributed by atoms with E-state index in [0.717, 1.165) is 0 Å². The van der Waals surface area contributed by atoms with Crippen molar-refractivity contribution in [3.63, 3.8) is 0 Å². The Morgan fingerprint density at radius 3 is 2.63 bits per heavy atom. The van der Waals surface area contributed by atoms with E-state index in [0.29, 0.717) is 28.8 Å². The first kappa shape index (κ1) is 13.6. The van der Waals surface area contributed by atoms with Crippen LogP contribution in [0.2, 0.25) is 5.02 Å². The lowest BCUT2D eigenvalue weighted by molar-refractivity contribution is 0.0949. The van der Waals surface area contributed by atoms with Crippen molar-refractivity contribution in [3.05, 3.63) is 40.9 Å². The van der Waals surface area contributed by atoms with Crippen molar-refractivity contribution in [1.82, 2.24) is 5.32 Å². The first-order chi connectivity index (χ1) is 9.15. The van der Waals surface area contributed by atoms with E-state index in [-0.39, 0.29) is 17.9 Å². The van der Waals surface area contributed by atoms with Gasteiger partial charge in [-0.3, -0.25) is 4.79 Å². The van der Waals surface area contributed by atoms with Gasteiger partial charge in [-0.15, -0.1) is 0 Å². The molecular weight excluding hydrogens is 266 g/mol. The van der Waals surface area contributed by atoms with Gasteiger partial charge in [0.2, 0.25) is 0 Å². The van der Waals surface area contributed by atoms with E-state index < -0.39 is 5.91 Å². The number of aliphatic hydroxyl groups is 1. The lowest BCUT2D eigenvalue weighted by Crippen LogP contribution is -2.25. The minimum Gasteiger partial charge on any atom is -0.506 e. The van der Waals surface area contributed by atoms with Gasteiger partial charge in [0.25, 0.3) is 5.91 Å². The Kier molecular flexibility index (Phi) is 4.24. The van der Waals surface area contributed by atoms with E-state index >= 15 is 0 Å². The van der Waals surface area contributed by atoms with E-state index in [2.05, 4.69) is 5.32 Å². The molecule has 0 aromatic heterocycles. The number of nitrogens with one attached hydrogen (secondary N) is 1. The Balaban J connectivity index is 2.39. The molecule has 0 spiro atoms. The summed E-state index contributed by atoms with van der Waals surface area (Å²) < 4.78 is 0. The van der Waals surface area contributed by atoms with Crippen LogP contribution in [0.1, 0.15) is 16.8 Å². The normalized spacial score (nSPS) is 10.6. The van der Waals surface area contributed by atoms with Crippen molar-refractivity contribution < 1.29 is 15.0 Å². The van der Waals surface area contributed by atoms with Crippen LogP contribution in [0.3, 0.4) is 0 Å². The van der Waals surface area contributed by atoms with Crippen LogP contribution in [0.4, 0.5) is 0 Å². The second kappa shape index (κ2) is 5.91. The maximum absolute atomic E-state index is 11.9. The summed E-state index contributed by atoms with van der Waals surface area (Å²) in [7, 11) is 0. The highest BCUT2D eigenvalue weighted by Gasteiger charge is 2.15. The van der Waals surface area contributed by atoms with Gasteiger partial charge in [-0.25, -0.2) is 0 Å². The van der Waals surface area contributed by atoms with Gasteiger partial charge >= 0.3 is 0 Å². The summed E-state index contributed by atoms with van der Waals surface area (Å²) in [6, 6.07) is 8.53. The highest BCUT2D eigenvalue weighted by molar-refractivity contribution is 6.36. The molecule has 0 saturated heterocycles. The molecule has 19 heavy (non-hydrogen) atoms. The van der Waals surface area contributed by atoms with Crippen LogP contribution in [0.15, 0.2) is 30.3 Å². The van der Waals surface area contributed by atoms with Gasteiger partial charge in [-0.05, 0) is 12.5 Å². The van der Waals surface area contributed by atoms with Gasteiger partial charge in [0, 0.05) is 28.9 Å². The number of benzene rings is 2. The maximum Gasteiger partial charge on any atom is 0.255 e. The van der Waals surface area contributed by atoms with Crippen molar-refractivity contribution >= 4 is 28.3 Å². The third-order valence-electron chi connectivity index (χ3n) is 2.83. The van der Waals surface area contributed by atoms with Crippen molar-refractivity contribution in [2.75, 3.05) is 13.2 Å². The zero-order chi connectivity index (χ0) is 13.8. The highest BCUT2D eigenvalue weighted by atomic mass is 35.5. The standard InChI is InChI=1S/C14H14ClNO3/c15-12-8-11(14(19)16-6-3-7-17)13(18)10-5-2-1-4-9(10)12/h1-2,4-5,8,17-18H,3,6-7H2,(H,16,19). The fourth-order valence-electron chi connectivity index (χ4n) is 1.87. The molecule has 2 aromatic carbocycles. The van der Waals surface area contributed by atoms with E-state index in [9.17, 15) is 9.90 Å². The van der Waals surface area contributed by atoms with Crippen LogP contribution in [-0.4, -0.2) is 29.3 Å². The van der Waals surface area contributed by atoms with Gasteiger partial charge < -0.3 is 15.5 Å². The molecule has 2 aromatic rings. The van der Waals surface area contributed by atoms with Crippen LogP contribution >= 0.6 is 11.6 Å². The number of phenols is 1. The summed E-state index contributed by atoms with van der Waals surface area (Å²) in [5.74, 6) is -0.486. The maximum atomic E-state index is 11.9. The van der Waals surface area contributed by atoms with Crippen LogP contribution in [-0.2, 0) is 0 Å². The fourth-order valence-corrected chi connectivity index (χ4v) is 2.14. The molecule has 0 bridgehead atoms. The Morgan fingerprint density at radius 2 is 1.95 bits per heavy atom. The van der Waals surface area contributed by atoms with Gasteiger partial charge in [-0.2, -0.15) is 0 Å². The van der Waals surface area contributed by atoms with Crippen LogP contribution in [0, 0.1) is 0 Å². The molecule has 0 aliphatic heterocycles. The highest BCUT2D eigenvalue weighted by Crippen LogP contribution is 2.34. The lowest BCUT2D eigenvalue weighted by atomic mass is 10.0. The monoisotopic (exact) mass is 279 g/mol. The number of hydrogen-bond acceptors (Lipinski definition) is 3. The molecule has 0 aliphatic rings. The predicted molar refractivity (Wildman–Crippen MR) is 74.7 cm³/mol. The number of fused-ring (bicyclic) bond motifs is 1.